The van der Waals surface area contributed by atoms with Crippen molar-refractivity contribution < 1.29 is 4.79 Å². The van der Waals surface area contributed by atoms with Crippen LogP contribution >= 0.6 is 0 Å². The molecule has 1 amide bonds. The molecule has 0 aromatic carbocycles. The Morgan fingerprint density at radius 1 is 1.64 bits per heavy atom. The molecule has 0 unspecified atom stereocenters. The molecule has 0 aliphatic heterocycles. The van der Waals surface area contributed by atoms with Crippen molar-refractivity contribution in [3.05, 3.63) is 0 Å². The largest absolute Gasteiger partial charge is 0.336 e. The predicted molar refractivity (Wildman–Crippen MR) is 53.2 cm³/mol. The minimum absolute atomic E-state index is 0.197. The number of nitrogens with one attached hydrogen (secondary N) is 1. The molecule has 4 nitrogen and oxygen atoms in total. The summed E-state index contributed by atoms with van der Waals surface area (Å²) in [5.74, 6) is 0.200. The Balaban J connectivity index is 2.39. The second-order valence-corrected chi connectivity index (χ2v) is 4.42. The summed E-state index contributed by atoms with van der Waals surface area (Å²) >= 11 is 0. The first-order valence-corrected chi connectivity index (χ1v) is 4.98. The van der Waals surface area contributed by atoms with Crippen LogP contribution in [0.3, 0.4) is 0 Å². The number of nitriles is 1. The Labute approximate surface area is 84.5 Å². The number of hydrogen-bond donors (Lipinski definition) is 2. The van der Waals surface area contributed by atoms with E-state index < -0.39 is 11.6 Å². The minimum Gasteiger partial charge on any atom is -0.336 e. The highest BCUT2D eigenvalue weighted by Crippen LogP contribution is 2.34. The molecule has 1 aliphatic carbocycles. The zero-order chi connectivity index (χ0) is 10.8. The number of carbonyl (C=O) groups is 1. The molecule has 0 radical (unpaired) electrons. The van der Waals surface area contributed by atoms with Crippen molar-refractivity contribution >= 4 is 5.91 Å². The monoisotopic (exact) mass is 195 g/mol. The first kappa shape index (κ1) is 11.0. The third-order valence-electron chi connectivity index (χ3n) is 2.39. The molecule has 0 saturated heterocycles. The van der Waals surface area contributed by atoms with Crippen LogP contribution in [0.5, 0.6) is 0 Å². The molecule has 0 spiro atoms. The fourth-order valence-electron chi connectivity index (χ4n) is 1.33. The molecule has 0 aromatic heterocycles. The molecule has 0 aromatic rings. The van der Waals surface area contributed by atoms with Gasteiger partial charge < -0.3 is 11.1 Å². The van der Waals surface area contributed by atoms with Crippen LogP contribution in [0.2, 0.25) is 0 Å². The van der Waals surface area contributed by atoms with E-state index in [1.165, 1.54) is 0 Å². The smallest absolute Gasteiger partial charge is 0.238 e. The fourth-order valence-corrected chi connectivity index (χ4v) is 1.33. The SMILES string of the molecule is CC(C)C[C@H](N)C(=O)NC1(C#N)CC1. The maximum absolute atomic E-state index is 11.5. The van der Waals surface area contributed by atoms with E-state index in [4.69, 9.17) is 11.0 Å². The van der Waals surface area contributed by atoms with E-state index in [0.717, 1.165) is 12.8 Å². The van der Waals surface area contributed by atoms with Crippen LogP contribution in [-0.4, -0.2) is 17.5 Å². The first-order valence-electron chi connectivity index (χ1n) is 4.98. The van der Waals surface area contributed by atoms with E-state index in [2.05, 4.69) is 11.4 Å². The molecule has 3 N–H and O–H groups in total. The summed E-state index contributed by atoms with van der Waals surface area (Å²) in [5, 5.41) is 11.5. The molecule has 1 atom stereocenters. The Hall–Kier alpha value is -1.08. The van der Waals surface area contributed by atoms with Crippen molar-refractivity contribution in [3.8, 4) is 6.07 Å². The minimum atomic E-state index is -0.592. The van der Waals surface area contributed by atoms with E-state index in [0.29, 0.717) is 12.3 Å². The zero-order valence-electron chi connectivity index (χ0n) is 8.71. The van der Waals surface area contributed by atoms with Crippen LogP contribution in [0.1, 0.15) is 33.1 Å². The number of rotatable bonds is 4. The average Bonchev–Trinajstić information content (AvgIpc) is 2.84. The van der Waals surface area contributed by atoms with Crippen LogP contribution in [0, 0.1) is 17.2 Å². The lowest BCUT2D eigenvalue weighted by atomic mass is 10.0. The van der Waals surface area contributed by atoms with Gasteiger partial charge in [-0.3, -0.25) is 4.79 Å². The lowest BCUT2D eigenvalue weighted by Crippen LogP contribution is -2.46. The van der Waals surface area contributed by atoms with Gasteiger partial charge in [0.05, 0.1) is 12.1 Å². The third-order valence-corrected chi connectivity index (χ3v) is 2.39. The van der Waals surface area contributed by atoms with E-state index in [-0.39, 0.29) is 5.91 Å². The molecular formula is C10H17N3O. The maximum Gasteiger partial charge on any atom is 0.238 e. The molecule has 14 heavy (non-hydrogen) atoms. The molecule has 1 fully saturated rings. The highest BCUT2D eigenvalue weighted by Gasteiger charge is 2.45. The lowest BCUT2D eigenvalue weighted by molar-refractivity contribution is -0.123. The van der Waals surface area contributed by atoms with E-state index >= 15 is 0 Å². The van der Waals surface area contributed by atoms with Crippen molar-refractivity contribution in [2.75, 3.05) is 0 Å². The predicted octanol–water partition coefficient (Wildman–Crippen LogP) is 0.532. The number of nitrogens with two attached hydrogens (primary N) is 1. The molecule has 1 rings (SSSR count). The summed E-state index contributed by atoms with van der Waals surface area (Å²) in [6.07, 6.45) is 2.17. The number of nitrogens with zero attached hydrogens (tertiary/aromatic N) is 1. The van der Waals surface area contributed by atoms with E-state index in [1.807, 2.05) is 13.8 Å². The fraction of sp³-hybridized carbons (Fsp3) is 0.800. The summed E-state index contributed by atoms with van der Waals surface area (Å²) in [7, 11) is 0. The van der Waals surface area contributed by atoms with Crippen molar-refractivity contribution in [1.29, 1.82) is 5.26 Å². The summed E-state index contributed by atoms with van der Waals surface area (Å²) in [5.41, 5.74) is 5.09. The van der Waals surface area contributed by atoms with Gasteiger partial charge in [0, 0.05) is 0 Å². The molecule has 0 bridgehead atoms. The van der Waals surface area contributed by atoms with Gasteiger partial charge in [0.1, 0.15) is 5.54 Å². The summed E-state index contributed by atoms with van der Waals surface area (Å²) in [6, 6.07) is 1.62. The molecule has 1 saturated carbocycles. The quantitative estimate of drug-likeness (QED) is 0.686. The van der Waals surface area contributed by atoms with Gasteiger partial charge in [-0.1, -0.05) is 13.8 Å². The highest BCUT2D eigenvalue weighted by atomic mass is 16.2. The van der Waals surface area contributed by atoms with Crippen molar-refractivity contribution in [2.24, 2.45) is 11.7 Å². The van der Waals surface area contributed by atoms with Gasteiger partial charge in [-0.05, 0) is 25.2 Å². The standard InChI is InChI=1S/C10H17N3O/c1-7(2)5-8(12)9(14)13-10(6-11)3-4-10/h7-8H,3-5,12H2,1-2H3,(H,13,14)/t8-/m0/s1. The van der Waals surface area contributed by atoms with Gasteiger partial charge in [0.25, 0.3) is 0 Å². The van der Waals surface area contributed by atoms with E-state index in [9.17, 15) is 4.79 Å². The second-order valence-electron chi connectivity index (χ2n) is 4.42. The Morgan fingerprint density at radius 2 is 2.21 bits per heavy atom. The number of hydrogen-bond acceptors (Lipinski definition) is 3. The van der Waals surface area contributed by atoms with Gasteiger partial charge in [-0.15, -0.1) is 0 Å². The Morgan fingerprint density at radius 3 is 2.57 bits per heavy atom. The van der Waals surface area contributed by atoms with Gasteiger partial charge in [0.2, 0.25) is 5.91 Å². The van der Waals surface area contributed by atoms with Crippen LogP contribution < -0.4 is 11.1 Å². The Kier molecular flexibility index (Phi) is 3.12. The maximum atomic E-state index is 11.5. The first-order chi connectivity index (χ1) is 6.49. The van der Waals surface area contributed by atoms with Crippen molar-refractivity contribution in [1.82, 2.24) is 5.32 Å². The highest BCUT2D eigenvalue weighted by molar-refractivity contribution is 5.83. The molecule has 78 valence electrons. The zero-order valence-corrected chi connectivity index (χ0v) is 8.71. The van der Waals surface area contributed by atoms with Gasteiger partial charge in [0.15, 0.2) is 0 Å². The van der Waals surface area contributed by atoms with Gasteiger partial charge in [-0.2, -0.15) is 5.26 Å². The topological polar surface area (TPSA) is 78.9 Å². The van der Waals surface area contributed by atoms with Crippen LogP contribution in [0.4, 0.5) is 0 Å². The summed E-state index contributed by atoms with van der Waals surface area (Å²) in [4.78, 5) is 11.5. The lowest BCUT2D eigenvalue weighted by Gasteiger charge is -2.16. The van der Waals surface area contributed by atoms with Gasteiger partial charge >= 0.3 is 0 Å². The van der Waals surface area contributed by atoms with Gasteiger partial charge in [-0.25, -0.2) is 0 Å². The summed E-state index contributed by atoms with van der Waals surface area (Å²) in [6.45, 7) is 4.04. The van der Waals surface area contributed by atoms with E-state index in [1.54, 1.807) is 0 Å². The molecular weight excluding hydrogens is 178 g/mol. The van der Waals surface area contributed by atoms with Crippen LogP contribution in [0.15, 0.2) is 0 Å². The molecule has 0 heterocycles. The van der Waals surface area contributed by atoms with Crippen molar-refractivity contribution in [3.63, 3.8) is 0 Å². The van der Waals surface area contributed by atoms with Crippen LogP contribution in [0.25, 0.3) is 0 Å². The average molecular weight is 195 g/mol. The van der Waals surface area contributed by atoms with Crippen molar-refractivity contribution in [2.45, 2.75) is 44.7 Å². The Bertz CT molecular complexity index is 263. The number of carbonyl (C=O) groups excluding carboxylic acids is 1. The number of amides is 1. The normalized spacial score (nSPS) is 19.9. The molecule has 1 aliphatic rings. The third kappa shape index (κ3) is 2.71. The second kappa shape index (κ2) is 3.97. The summed E-state index contributed by atoms with van der Waals surface area (Å²) < 4.78 is 0. The van der Waals surface area contributed by atoms with Crippen LogP contribution in [-0.2, 0) is 4.79 Å². The molecule has 4 heteroatoms.